The van der Waals surface area contributed by atoms with Gasteiger partial charge in [0.15, 0.2) is 5.96 Å². The lowest BCUT2D eigenvalue weighted by atomic mass is 10.2. The number of carbonyl (C=O) groups excluding carboxylic acids is 1. The summed E-state index contributed by atoms with van der Waals surface area (Å²) in [7, 11) is 1.70. The van der Waals surface area contributed by atoms with Crippen LogP contribution in [0.1, 0.15) is 32.8 Å². The first kappa shape index (κ1) is 25.6. The van der Waals surface area contributed by atoms with E-state index in [0.717, 1.165) is 31.7 Å². The number of amides is 1. The minimum Gasteiger partial charge on any atom is -0.381 e. The van der Waals surface area contributed by atoms with Crippen molar-refractivity contribution in [2.45, 2.75) is 33.7 Å². The van der Waals surface area contributed by atoms with Crippen molar-refractivity contribution in [3.8, 4) is 0 Å². The van der Waals surface area contributed by atoms with Crippen LogP contribution >= 0.6 is 24.0 Å². The number of hydrogen-bond acceptors (Lipinski definition) is 3. The van der Waals surface area contributed by atoms with Crippen molar-refractivity contribution in [1.82, 2.24) is 15.5 Å². The molecular formula is C20H35IN4O2. The zero-order valence-corrected chi connectivity index (χ0v) is 19.4. The SMILES string of the molecule is CCN(Cc1ccccc1)C(=O)CNC(=NC)NCCCOCC(C)C.I. The topological polar surface area (TPSA) is 66.0 Å². The van der Waals surface area contributed by atoms with E-state index in [2.05, 4.69) is 29.5 Å². The normalized spacial score (nSPS) is 11.1. The van der Waals surface area contributed by atoms with Crippen molar-refractivity contribution < 1.29 is 9.53 Å². The van der Waals surface area contributed by atoms with Gasteiger partial charge < -0.3 is 20.3 Å². The van der Waals surface area contributed by atoms with Crippen LogP contribution in [0.3, 0.4) is 0 Å². The Morgan fingerprint density at radius 2 is 1.93 bits per heavy atom. The minimum absolute atomic E-state index is 0. The molecular weight excluding hydrogens is 455 g/mol. The number of halogens is 1. The number of aliphatic imine (C=N–C) groups is 1. The smallest absolute Gasteiger partial charge is 0.242 e. The Balaban J connectivity index is 0.00000676. The van der Waals surface area contributed by atoms with E-state index < -0.39 is 0 Å². The van der Waals surface area contributed by atoms with Crippen molar-refractivity contribution in [1.29, 1.82) is 0 Å². The lowest BCUT2D eigenvalue weighted by molar-refractivity contribution is -0.130. The monoisotopic (exact) mass is 490 g/mol. The maximum atomic E-state index is 12.4. The molecule has 0 unspecified atom stereocenters. The second kappa shape index (κ2) is 15.7. The van der Waals surface area contributed by atoms with E-state index in [9.17, 15) is 4.79 Å². The van der Waals surface area contributed by atoms with Gasteiger partial charge in [0.1, 0.15) is 0 Å². The fraction of sp³-hybridized carbons (Fsp3) is 0.600. The number of hydrogen-bond donors (Lipinski definition) is 2. The molecule has 1 aromatic rings. The van der Waals surface area contributed by atoms with Gasteiger partial charge in [0.05, 0.1) is 6.54 Å². The molecule has 27 heavy (non-hydrogen) atoms. The third kappa shape index (κ3) is 11.9. The van der Waals surface area contributed by atoms with Crippen molar-refractivity contribution in [2.75, 3.05) is 39.9 Å². The largest absolute Gasteiger partial charge is 0.381 e. The van der Waals surface area contributed by atoms with Crippen LogP contribution in [0.2, 0.25) is 0 Å². The fourth-order valence-corrected chi connectivity index (χ4v) is 2.37. The molecule has 154 valence electrons. The molecule has 0 bridgehead atoms. The Morgan fingerprint density at radius 3 is 2.52 bits per heavy atom. The lowest BCUT2D eigenvalue weighted by Gasteiger charge is -2.22. The van der Waals surface area contributed by atoms with Crippen LogP contribution in [0, 0.1) is 5.92 Å². The molecule has 1 aromatic carbocycles. The first-order chi connectivity index (χ1) is 12.6. The van der Waals surface area contributed by atoms with Crippen molar-refractivity contribution in [2.24, 2.45) is 10.9 Å². The molecule has 0 heterocycles. The van der Waals surface area contributed by atoms with Gasteiger partial charge >= 0.3 is 0 Å². The predicted molar refractivity (Wildman–Crippen MR) is 123 cm³/mol. The molecule has 0 fully saturated rings. The van der Waals surface area contributed by atoms with Crippen molar-refractivity contribution in [3.63, 3.8) is 0 Å². The molecule has 1 rings (SSSR count). The number of ether oxygens (including phenoxy) is 1. The number of guanidine groups is 1. The Labute approximate surface area is 181 Å². The molecule has 7 heteroatoms. The zero-order valence-electron chi connectivity index (χ0n) is 17.0. The zero-order chi connectivity index (χ0) is 19.2. The van der Waals surface area contributed by atoms with E-state index in [1.54, 1.807) is 7.05 Å². The Morgan fingerprint density at radius 1 is 1.22 bits per heavy atom. The van der Waals surface area contributed by atoms with Crippen LogP contribution in [0.4, 0.5) is 0 Å². The molecule has 1 amide bonds. The highest BCUT2D eigenvalue weighted by Gasteiger charge is 2.12. The molecule has 0 aliphatic carbocycles. The molecule has 0 atom stereocenters. The van der Waals surface area contributed by atoms with E-state index in [0.29, 0.717) is 25.0 Å². The van der Waals surface area contributed by atoms with Gasteiger partial charge in [0, 0.05) is 39.9 Å². The summed E-state index contributed by atoms with van der Waals surface area (Å²) in [5.41, 5.74) is 1.13. The molecule has 0 saturated carbocycles. The fourth-order valence-electron chi connectivity index (χ4n) is 2.37. The quantitative estimate of drug-likeness (QED) is 0.217. The van der Waals surface area contributed by atoms with Gasteiger partial charge in [-0.25, -0.2) is 0 Å². The van der Waals surface area contributed by atoms with Crippen LogP contribution in [0.15, 0.2) is 35.3 Å². The number of nitrogens with one attached hydrogen (secondary N) is 2. The molecule has 6 nitrogen and oxygen atoms in total. The summed E-state index contributed by atoms with van der Waals surface area (Å²) in [5, 5.41) is 6.29. The van der Waals surface area contributed by atoms with Gasteiger partial charge in [-0.1, -0.05) is 44.2 Å². The summed E-state index contributed by atoms with van der Waals surface area (Å²) in [6, 6.07) is 10.0. The first-order valence-corrected chi connectivity index (χ1v) is 9.40. The van der Waals surface area contributed by atoms with Crippen molar-refractivity contribution in [3.05, 3.63) is 35.9 Å². The Kier molecular flexibility index (Phi) is 14.9. The van der Waals surface area contributed by atoms with Crippen LogP contribution in [0.25, 0.3) is 0 Å². The van der Waals surface area contributed by atoms with E-state index in [1.807, 2.05) is 42.2 Å². The van der Waals surface area contributed by atoms with Gasteiger partial charge in [-0.15, -0.1) is 24.0 Å². The van der Waals surface area contributed by atoms with Gasteiger partial charge in [0.25, 0.3) is 0 Å². The van der Waals surface area contributed by atoms with Gasteiger partial charge in [-0.2, -0.15) is 0 Å². The third-order valence-corrected chi connectivity index (χ3v) is 3.79. The standard InChI is InChI=1S/C20H34N4O2.HI/c1-5-24(15-18-10-7-6-8-11-18)19(25)14-23-20(21-4)22-12-9-13-26-16-17(2)3;/h6-8,10-11,17H,5,9,12-16H2,1-4H3,(H2,21,22,23);1H. The number of benzene rings is 1. The molecule has 0 aliphatic rings. The van der Waals surface area contributed by atoms with E-state index >= 15 is 0 Å². The molecule has 0 radical (unpaired) electrons. The number of likely N-dealkylation sites (N-methyl/N-ethyl adjacent to an activating group) is 1. The van der Waals surface area contributed by atoms with Crippen LogP contribution in [-0.4, -0.2) is 56.7 Å². The lowest BCUT2D eigenvalue weighted by Crippen LogP contribution is -2.44. The molecule has 0 aromatic heterocycles. The highest BCUT2D eigenvalue weighted by Crippen LogP contribution is 2.04. The van der Waals surface area contributed by atoms with E-state index in [-0.39, 0.29) is 36.4 Å². The Bertz CT molecular complexity index is 538. The van der Waals surface area contributed by atoms with Gasteiger partial charge in [-0.3, -0.25) is 9.79 Å². The van der Waals surface area contributed by atoms with Crippen LogP contribution in [-0.2, 0) is 16.1 Å². The van der Waals surface area contributed by atoms with Crippen LogP contribution in [0.5, 0.6) is 0 Å². The summed E-state index contributed by atoms with van der Waals surface area (Å²) >= 11 is 0. The second-order valence-electron chi connectivity index (χ2n) is 6.57. The summed E-state index contributed by atoms with van der Waals surface area (Å²) < 4.78 is 5.55. The summed E-state index contributed by atoms with van der Waals surface area (Å²) in [6.07, 6.45) is 0.899. The third-order valence-electron chi connectivity index (χ3n) is 3.79. The number of rotatable bonds is 11. The molecule has 0 aliphatic heterocycles. The Hall–Kier alpha value is -1.35. The average molecular weight is 490 g/mol. The van der Waals surface area contributed by atoms with Crippen LogP contribution < -0.4 is 10.6 Å². The average Bonchev–Trinajstić information content (AvgIpc) is 2.65. The van der Waals surface area contributed by atoms with Gasteiger partial charge in [0.2, 0.25) is 5.91 Å². The second-order valence-corrected chi connectivity index (χ2v) is 6.57. The predicted octanol–water partition coefficient (Wildman–Crippen LogP) is 2.88. The van der Waals surface area contributed by atoms with E-state index in [1.165, 1.54) is 0 Å². The molecule has 0 spiro atoms. The molecule has 2 N–H and O–H groups in total. The summed E-state index contributed by atoms with van der Waals surface area (Å²) in [6.45, 7) is 10.1. The maximum Gasteiger partial charge on any atom is 0.242 e. The highest BCUT2D eigenvalue weighted by atomic mass is 127. The highest BCUT2D eigenvalue weighted by molar-refractivity contribution is 14.0. The number of carbonyl (C=O) groups is 1. The number of nitrogens with zero attached hydrogens (tertiary/aromatic N) is 2. The maximum absolute atomic E-state index is 12.4. The summed E-state index contributed by atoms with van der Waals surface area (Å²) in [4.78, 5) is 18.4. The minimum atomic E-state index is 0. The first-order valence-electron chi connectivity index (χ1n) is 9.40. The van der Waals surface area contributed by atoms with E-state index in [4.69, 9.17) is 4.74 Å². The van der Waals surface area contributed by atoms with Crippen molar-refractivity contribution >= 4 is 35.8 Å². The molecule has 0 saturated heterocycles. The summed E-state index contributed by atoms with van der Waals surface area (Å²) in [5.74, 6) is 1.25. The van der Waals surface area contributed by atoms with Gasteiger partial charge in [-0.05, 0) is 24.8 Å².